The number of urea groups is 1. The molecule has 3 aromatic heterocycles. The molecule has 1 aliphatic rings. The number of rotatable bonds is 3. The molecule has 0 radical (unpaired) electrons. The van der Waals surface area contributed by atoms with Crippen molar-refractivity contribution in [3.05, 3.63) is 46.6 Å². The number of halogens is 3. The molecule has 0 spiro atoms. The summed E-state index contributed by atoms with van der Waals surface area (Å²) in [5, 5.41) is 10.1. The molecule has 2 atom stereocenters. The van der Waals surface area contributed by atoms with Gasteiger partial charge in [0.25, 0.3) is 5.56 Å². The van der Waals surface area contributed by atoms with E-state index in [4.69, 9.17) is 0 Å². The number of piperidine rings is 1. The Kier molecular flexibility index (Phi) is 5.76. The van der Waals surface area contributed by atoms with Crippen molar-refractivity contribution in [1.29, 1.82) is 0 Å². The van der Waals surface area contributed by atoms with Crippen LogP contribution in [-0.4, -0.2) is 56.9 Å². The number of aromatic nitrogens is 4. The normalized spacial score (nSPS) is 19.0. The zero-order chi connectivity index (χ0) is 23.9. The summed E-state index contributed by atoms with van der Waals surface area (Å²) in [5.41, 5.74) is -0.469. The van der Waals surface area contributed by atoms with Crippen molar-refractivity contribution in [2.24, 2.45) is 13.0 Å². The third-order valence-corrected chi connectivity index (χ3v) is 6.07. The Morgan fingerprint density at radius 3 is 2.76 bits per heavy atom. The van der Waals surface area contributed by atoms with Crippen LogP contribution in [0.1, 0.15) is 18.9 Å². The van der Waals surface area contributed by atoms with E-state index in [2.05, 4.69) is 25.4 Å². The van der Waals surface area contributed by atoms with Gasteiger partial charge < -0.3 is 19.7 Å². The molecule has 2 amide bonds. The van der Waals surface area contributed by atoms with E-state index in [9.17, 15) is 22.8 Å². The SMILES string of the molecule is C[C@@H]1CN(c2cnc3[nH]ncc3c2)CC[C@H]1N(C)C(=O)Nc1cc(C(F)(F)F)cn(C)c1=O. The van der Waals surface area contributed by atoms with Crippen LogP contribution in [0.3, 0.4) is 0 Å². The molecular formula is C21H24F3N7O2. The van der Waals surface area contributed by atoms with Crippen molar-refractivity contribution < 1.29 is 18.0 Å². The van der Waals surface area contributed by atoms with Gasteiger partial charge in [-0.25, -0.2) is 9.78 Å². The summed E-state index contributed by atoms with van der Waals surface area (Å²) in [6.45, 7) is 3.34. The van der Waals surface area contributed by atoms with Gasteiger partial charge in [0.05, 0.1) is 23.6 Å². The van der Waals surface area contributed by atoms with Crippen LogP contribution in [0.25, 0.3) is 11.0 Å². The molecule has 1 fully saturated rings. The molecule has 33 heavy (non-hydrogen) atoms. The van der Waals surface area contributed by atoms with E-state index in [1.165, 1.54) is 11.9 Å². The van der Waals surface area contributed by atoms with Crippen LogP contribution in [0.15, 0.2) is 35.5 Å². The molecule has 3 aromatic rings. The number of nitrogens with zero attached hydrogens (tertiary/aromatic N) is 5. The first-order valence-corrected chi connectivity index (χ1v) is 10.4. The highest BCUT2D eigenvalue weighted by atomic mass is 19.4. The molecule has 0 bridgehead atoms. The molecule has 176 valence electrons. The third kappa shape index (κ3) is 4.50. The second-order valence-electron chi connectivity index (χ2n) is 8.38. The number of anilines is 2. The van der Waals surface area contributed by atoms with Crippen LogP contribution >= 0.6 is 0 Å². The van der Waals surface area contributed by atoms with Crippen molar-refractivity contribution in [2.45, 2.75) is 25.6 Å². The van der Waals surface area contributed by atoms with Crippen molar-refractivity contribution >= 4 is 28.4 Å². The largest absolute Gasteiger partial charge is 0.417 e. The molecule has 0 unspecified atom stereocenters. The fourth-order valence-corrected chi connectivity index (χ4v) is 4.25. The van der Waals surface area contributed by atoms with Gasteiger partial charge in [-0.1, -0.05) is 6.92 Å². The number of nitrogens with one attached hydrogen (secondary N) is 2. The lowest BCUT2D eigenvalue weighted by atomic mass is 9.92. The standard InChI is InChI=1S/C21H24F3N7O2/c1-12-10-31(15-6-13-8-26-28-18(13)25-9-15)5-4-17(12)30(3)20(33)27-16-7-14(21(22,23)24)11-29(2)19(16)32/h6-9,11-12,17H,4-5,10H2,1-3H3,(H,27,33)(H,25,26,28)/t12-,17-/m1/s1. The topological polar surface area (TPSA) is 99.2 Å². The van der Waals surface area contributed by atoms with Gasteiger partial charge in [0.15, 0.2) is 5.65 Å². The number of hydrogen-bond donors (Lipinski definition) is 2. The van der Waals surface area contributed by atoms with E-state index in [0.29, 0.717) is 37.4 Å². The van der Waals surface area contributed by atoms with Crippen LogP contribution < -0.4 is 15.8 Å². The fraction of sp³-hybridized carbons (Fsp3) is 0.429. The molecule has 12 heteroatoms. The van der Waals surface area contributed by atoms with E-state index in [1.54, 1.807) is 19.4 Å². The first kappa shape index (κ1) is 22.6. The lowest BCUT2D eigenvalue weighted by Crippen LogP contribution is -2.52. The van der Waals surface area contributed by atoms with Gasteiger partial charge in [0, 0.05) is 44.8 Å². The number of alkyl halides is 3. The van der Waals surface area contributed by atoms with Crippen molar-refractivity contribution in [3.63, 3.8) is 0 Å². The molecule has 1 aliphatic heterocycles. The number of fused-ring (bicyclic) bond motifs is 1. The molecule has 0 aromatic carbocycles. The van der Waals surface area contributed by atoms with Crippen LogP contribution in [0.5, 0.6) is 0 Å². The van der Waals surface area contributed by atoms with Crippen molar-refractivity contribution in [1.82, 2.24) is 24.6 Å². The predicted molar refractivity (Wildman–Crippen MR) is 117 cm³/mol. The number of carbonyl (C=O) groups excluding carboxylic acids is 1. The molecule has 0 aliphatic carbocycles. The quantitative estimate of drug-likeness (QED) is 0.622. The van der Waals surface area contributed by atoms with E-state index in [1.807, 2.05) is 13.0 Å². The summed E-state index contributed by atoms with van der Waals surface area (Å²) in [5.74, 6) is 0.0684. The number of pyridine rings is 2. The summed E-state index contributed by atoms with van der Waals surface area (Å²) in [6.07, 6.45) is 0.197. The minimum atomic E-state index is -4.63. The summed E-state index contributed by atoms with van der Waals surface area (Å²) >= 11 is 0. The van der Waals surface area contributed by atoms with Gasteiger partial charge >= 0.3 is 12.2 Å². The van der Waals surface area contributed by atoms with Gasteiger partial charge in [0.2, 0.25) is 0 Å². The van der Waals surface area contributed by atoms with Crippen molar-refractivity contribution in [3.8, 4) is 0 Å². The minimum absolute atomic E-state index is 0.0684. The smallest absolute Gasteiger partial charge is 0.370 e. The van der Waals surface area contributed by atoms with Gasteiger partial charge in [-0.05, 0) is 24.5 Å². The maximum atomic E-state index is 13.1. The monoisotopic (exact) mass is 463 g/mol. The number of carbonyl (C=O) groups is 1. The van der Waals surface area contributed by atoms with Gasteiger partial charge in [0.1, 0.15) is 5.69 Å². The Labute approximate surface area is 187 Å². The molecule has 0 saturated carbocycles. The van der Waals surface area contributed by atoms with E-state index in [-0.39, 0.29) is 12.0 Å². The summed E-state index contributed by atoms with van der Waals surface area (Å²) in [6, 6.07) is 1.89. The Hall–Kier alpha value is -3.57. The maximum absolute atomic E-state index is 13.1. The zero-order valence-electron chi connectivity index (χ0n) is 18.3. The third-order valence-electron chi connectivity index (χ3n) is 6.07. The summed E-state index contributed by atoms with van der Waals surface area (Å²) in [7, 11) is 2.80. The number of aromatic amines is 1. The number of hydrogen-bond acceptors (Lipinski definition) is 5. The fourth-order valence-electron chi connectivity index (χ4n) is 4.25. The maximum Gasteiger partial charge on any atom is 0.417 e. The van der Waals surface area contributed by atoms with Crippen molar-refractivity contribution in [2.75, 3.05) is 30.4 Å². The molecule has 1 saturated heterocycles. The van der Waals surface area contributed by atoms with E-state index in [0.717, 1.165) is 15.6 Å². The molecule has 2 N–H and O–H groups in total. The number of aryl methyl sites for hydroxylation is 1. The van der Waals surface area contributed by atoms with Crippen LogP contribution in [-0.2, 0) is 13.2 Å². The molecule has 4 heterocycles. The lowest BCUT2D eigenvalue weighted by Gasteiger charge is -2.42. The van der Waals surface area contributed by atoms with Crippen LogP contribution in [0, 0.1) is 5.92 Å². The first-order chi connectivity index (χ1) is 15.5. The van der Waals surface area contributed by atoms with Crippen LogP contribution in [0.2, 0.25) is 0 Å². The average molecular weight is 463 g/mol. The Bertz CT molecular complexity index is 1240. The second kappa shape index (κ2) is 8.41. The highest BCUT2D eigenvalue weighted by Crippen LogP contribution is 2.30. The minimum Gasteiger partial charge on any atom is -0.370 e. The zero-order valence-corrected chi connectivity index (χ0v) is 18.3. The Morgan fingerprint density at radius 2 is 2.06 bits per heavy atom. The van der Waals surface area contributed by atoms with Gasteiger partial charge in [-0.2, -0.15) is 18.3 Å². The van der Waals surface area contributed by atoms with E-state index >= 15 is 0 Å². The van der Waals surface area contributed by atoms with Gasteiger partial charge in [-0.15, -0.1) is 0 Å². The van der Waals surface area contributed by atoms with Gasteiger partial charge in [-0.3, -0.25) is 9.89 Å². The Morgan fingerprint density at radius 1 is 1.30 bits per heavy atom. The average Bonchev–Trinajstić information content (AvgIpc) is 3.23. The highest BCUT2D eigenvalue weighted by molar-refractivity contribution is 5.89. The lowest BCUT2D eigenvalue weighted by molar-refractivity contribution is -0.138. The number of amides is 2. The molecule has 9 nitrogen and oxygen atoms in total. The summed E-state index contributed by atoms with van der Waals surface area (Å²) < 4.78 is 40.1. The number of H-pyrrole nitrogens is 1. The second-order valence-corrected chi connectivity index (χ2v) is 8.38. The first-order valence-electron chi connectivity index (χ1n) is 10.4. The summed E-state index contributed by atoms with van der Waals surface area (Å²) in [4.78, 5) is 33.1. The molecular weight excluding hydrogens is 439 g/mol. The van der Waals surface area contributed by atoms with E-state index < -0.39 is 29.0 Å². The Balaban J connectivity index is 1.45. The molecule has 4 rings (SSSR count). The van der Waals surface area contributed by atoms with Crippen LogP contribution in [0.4, 0.5) is 29.3 Å². The predicted octanol–water partition coefficient (Wildman–Crippen LogP) is 3.05. The highest BCUT2D eigenvalue weighted by Gasteiger charge is 2.34.